The van der Waals surface area contributed by atoms with Crippen molar-refractivity contribution in [2.75, 3.05) is 11.1 Å². The van der Waals surface area contributed by atoms with Gasteiger partial charge in [0.1, 0.15) is 11.6 Å². The minimum atomic E-state index is -0.299. The summed E-state index contributed by atoms with van der Waals surface area (Å²) in [5, 5.41) is 6.95. The van der Waals surface area contributed by atoms with E-state index in [1.807, 2.05) is 31.2 Å². The Bertz CT molecular complexity index is 880. The van der Waals surface area contributed by atoms with Gasteiger partial charge in [-0.2, -0.15) is 0 Å². The number of para-hydroxylation sites is 1. The fraction of sp³-hybridized carbons (Fsp3) is 0.250. The number of carbonyl (C=O) groups is 1. The SMILES string of the molecule is Cc1cc(NC(=O)[C@@H](C)SCc2nc(N)c3ccccc3n2)on1. The van der Waals surface area contributed by atoms with Crippen LogP contribution < -0.4 is 11.1 Å². The molecule has 1 aromatic carbocycles. The third kappa shape index (κ3) is 3.65. The lowest BCUT2D eigenvalue weighted by atomic mass is 10.2. The van der Waals surface area contributed by atoms with Crippen LogP contribution in [0, 0.1) is 6.92 Å². The van der Waals surface area contributed by atoms with Crippen LogP contribution in [-0.4, -0.2) is 26.3 Å². The number of benzene rings is 1. The lowest BCUT2D eigenvalue weighted by molar-refractivity contribution is -0.115. The molecule has 3 rings (SSSR count). The summed E-state index contributed by atoms with van der Waals surface area (Å²) in [5.74, 6) is 1.72. The van der Waals surface area contributed by atoms with E-state index in [9.17, 15) is 4.79 Å². The number of nitrogens with one attached hydrogen (secondary N) is 1. The van der Waals surface area contributed by atoms with Crippen LogP contribution in [0.2, 0.25) is 0 Å². The molecule has 0 aliphatic heterocycles. The number of thioether (sulfide) groups is 1. The quantitative estimate of drug-likeness (QED) is 0.733. The Hall–Kier alpha value is -2.61. The minimum absolute atomic E-state index is 0.162. The zero-order valence-electron chi connectivity index (χ0n) is 13.3. The van der Waals surface area contributed by atoms with E-state index < -0.39 is 0 Å². The smallest absolute Gasteiger partial charge is 0.239 e. The summed E-state index contributed by atoms with van der Waals surface area (Å²) in [7, 11) is 0. The van der Waals surface area contributed by atoms with Gasteiger partial charge in [-0.15, -0.1) is 11.8 Å². The van der Waals surface area contributed by atoms with Crippen molar-refractivity contribution in [3.63, 3.8) is 0 Å². The summed E-state index contributed by atoms with van der Waals surface area (Å²) in [5.41, 5.74) is 7.48. The summed E-state index contributed by atoms with van der Waals surface area (Å²) in [4.78, 5) is 20.9. The van der Waals surface area contributed by atoms with Crippen molar-refractivity contribution in [2.24, 2.45) is 0 Å². The molecule has 3 aromatic rings. The second-order valence-corrected chi connectivity index (χ2v) is 6.65. The van der Waals surface area contributed by atoms with Crippen molar-refractivity contribution in [1.29, 1.82) is 0 Å². The van der Waals surface area contributed by atoms with E-state index in [0.29, 0.717) is 29.0 Å². The molecule has 2 heterocycles. The third-order valence-electron chi connectivity index (χ3n) is 3.39. The molecule has 0 radical (unpaired) electrons. The van der Waals surface area contributed by atoms with E-state index in [1.54, 1.807) is 13.0 Å². The maximum Gasteiger partial charge on any atom is 0.239 e. The van der Waals surface area contributed by atoms with Crippen LogP contribution in [-0.2, 0) is 10.5 Å². The first-order valence-corrected chi connectivity index (χ1v) is 8.44. The second kappa shape index (κ2) is 6.88. The number of amides is 1. The van der Waals surface area contributed by atoms with E-state index in [1.165, 1.54) is 11.8 Å². The van der Waals surface area contributed by atoms with Gasteiger partial charge in [0.05, 0.1) is 22.2 Å². The Morgan fingerprint density at radius 3 is 2.92 bits per heavy atom. The molecule has 124 valence electrons. The Balaban J connectivity index is 1.63. The summed E-state index contributed by atoms with van der Waals surface area (Å²) >= 11 is 1.43. The van der Waals surface area contributed by atoms with E-state index in [4.69, 9.17) is 10.3 Å². The third-order valence-corrected chi connectivity index (χ3v) is 4.52. The van der Waals surface area contributed by atoms with Crippen LogP contribution in [0.1, 0.15) is 18.4 Å². The van der Waals surface area contributed by atoms with Crippen molar-refractivity contribution in [2.45, 2.75) is 24.9 Å². The highest BCUT2D eigenvalue weighted by atomic mass is 32.2. The fourth-order valence-corrected chi connectivity index (χ4v) is 2.87. The Morgan fingerprint density at radius 2 is 2.17 bits per heavy atom. The van der Waals surface area contributed by atoms with Gasteiger partial charge in [-0.25, -0.2) is 9.97 Å². The number of aromatic nitrogens is 3. The highest BCUT2D eigenvalue weighted by molar-refractivity contribution is 7.99. The molecular formula is C16H17N5O2S. The molecule has 0 aliphatic carbocycles. The summed E-state index contributed by atoms with van der Waals surface area (Å²) < 4.78 is 4.98. The molecule has 1 amide bonds. The molecule has 0 spiro atoms. The zero-order chi connectivity index (χ0) is 17.1. The molecule has 8 heteroatoms. The molecule has 3 N–H and O–H groups in total. The largest absolute Gasteiger partial charge is 0.383 e. The molecule has 24 heavy (non-hydrogen) atoms. The molecule has 0 fully saturated rings. The van der Waals surface area contributed by atoms with Crippen LogP contribution in [0.3, 0.4) is 0 Å². The fourth-order valence-electron chi connectivity index (χ4n) is 2.14. The molecule has 1 atom stereocenters. The predicted octanol–water partition coefficient (Wildman–Crippen LogP) is 2.77. The lowest BCUT2D eigenvalue weighted by Crippen LogP contribution is -2.22. The highest BCUT2D eigenvalue weighted by Gasteiger charge is 2.16. The van der Waals surface area contributed by atoms with Crippen LogP contribution in [0.25, 0.3) is 10.9 Å². The maximum atomic E-state index is 12.1. The van der Waals surface area contributed by atoms with Crippen molar-refractivity contribution in [1.82, 2.24) is 15.1 Å². The number of fused-ring (bicyclic) bond motifs is 1. The van der Waals surface area contributed by atoms with Crippen LogP contribution in [0.5, 0.6) is 0 Å². The van der Waals surface area contributed by atoms with Crippen molar-refractivity contribution >= 4 is 40.3 Å². The van der Waals surface area contributed by atoms with Gasteiger partial charge in [0, 0.05) is 11.5 Å². The number of nitrogen functional groups attached to an aromatic ring is 1. The van der Waals surface area contributed by atoms with Gasteiger partial charge in [-0.05, 0) is 26.0 Å². The van der Waals surface area contributed by atoms with Gasteiger partial charge >= 0.3 is 0 Å². The Labute approximate surface area is 143 Å². The number of hydrogen-bond acceptors (Lipinski definition) is 7. The maximum absolute atomic E-state index is 12.1. The number of nitrogens with two attached hydrogens (primary N) is 1. The molecule has 0 saturated heterocycles. The summed E-state index contributed by atoms with van der Waals surface area (Å²) in [6.45, 7) is 3.60. The summed E-state index contributed by atoms with van der Waals surface area (Å²) in [6.07, 6.45) is 0. The molecule has 2 aromatic heterocycles. The standard InChI is InChI=1S/C16H17N5O2S/c1-9-7-14(23-21-9)20-16(22)10(2)24-8-13-18-12-6-4-3-5-11(12)15(17)19-13/h3-7,10H,8H2,1-2H3,(H,20,22)(H2,17,18,19)/t10-/m1/s1. The van der Waals surface area contributed by atoms with E-state index in [-0.39, 0.29) is 11.2 Å². The van der Waals surface area contributed by atoms with E-state index in [2.05, 4.69) is 20.4 Å². The van der Waals surface area contributed by atoms with E-state index in [0.717, 1.165) is 10.9 Å². The van der Waals surface area contributed by atoms with Gasteiger partial charge in [0.25, 0.3) is 0 Å². The molecule has 7 nitrogen and oxygen atoms in total. The van der Waals surface area contributed by atoms with Crippen molar-refractivity contribution in [3.8, 4) is 0 Å². The number of nitrogens with zero attached hydrogens (tertiary/aromatic N) is 3. The second-order valence-electron chi connectivity index (χ2n) is 5.32. The van der Waals surface area contributed by atoms with Crippen molar-refractivity contribution in [3.05, 3.63) is 41.9 Å². The van der Waals surface area contributed by atoms with E-state index >= 15 is 0 Å². The number of hydrogen-bond donors (Lipinski definition) is 2. The molecule has 0 bridgehead atoms. The monoisotopic (exact) mass is 343 g/mol. The first-order valence-electron chi connectivity index (χ1n) is 7.40. The van der Waals surface area contributed by atoms with Gasteiger partial charge in [0.15, 0.2) is 0 Å². The number of anilines is 2. The number of aryl methyl sites for hydroxylation is 1. The van der Waals surface area contributed by atoms with Crippen molar-refractivity contribution < 1.29 is 9.32 Å². The first-order chi connectivity index (χ1) is 11.5. The Morgan fingerprint density at radius 1 is 1.38 bits per heavy atom. The molecule has 0 aliphatic rings. The minimum Gasteiger partial charge on any atom is -0.383 e. The average molecular weight is 343 g/mol. The molecule has 0 unspecified atom stereocenters. The Kier molecular flexibility index (Phi) is 4.66. The van der Waals surface area contributed by atoms with Crippen LogP contribution in [0.4, 0.5) is 11.7 Å². The van der Waals surface area contributed by atoms with Gasteiger partial charge in [-0.1, -0.05) is 17.3 Å². The first kappa shape index (κ1) is 16.3. The average Bonchev–Trinajstić information content (AvgIpc) is 2.97. The number of carbonyl (C=O) groups excluding carboxylic acids is 1. The number of rotatable bonds is 5. The highest BCUT2D eigenvalue weighted by Crippen LogP contribution is 2.22. The van der Waals surface area contributed by atoms with Gasteiger partial charge < -0.3 is 10.3 Å². The topological polar surface area (TPSA) is 107 Å². The van der Waals surface area contributed by atoms with Crippen LogP contribution in [0.15, 0.2) is 34.9 Å². The van der Waals surface area contributed by atoms with Gasteiger partial charge in [-0.3, -0.25) is 10.1 Å². The summed E-state index contributed by atoms with van der Waals surface area (Å²) in [6, 6.07) is 9.25. The molecule has 0 saturated carbocycles. The predicted molar refractivity (Wildman–Crippen MR) is 94.6 cm³/mol. The normalized spacial score (nSPS) is 12.2. The van der Waals surface area contributed by atoms with Crippen LogP contribution >= 0.6 is 11.8 Å². The zero-order valence-corrected chi connectivity index (χ0v) is 14.1. The van der Waals surface area contributed by atoms with Gasteiger partial charge in [0.2, 0.25) is 11.8 Å². The lowest BCUT2D eigenvalue weighted by Gasteiger charge is -2.10. The molecular weight excluding hydrogens is 326 g/mol.